The topological polar surface area (TPSA) is 23.6 Å². The predicted octanol–water partition coefficient (Wildman–Crippen LogP) is 5.05. The average molecular weight is 334 g/mol. The Balaban J connectivity index is 2.64. The van der Waals surface area contributed by atoms with Crippen molar-refractivity contribution in [1.29, 1.82) is 0 Å². The Kier molecular flexibility index (Phi) is 5.28. The molecule has 0 unspecified atom stereocenters. The molecule has 0 aliphatic carbocycles. The second kappa shape index (κ2) is 7.21. The summed E-state index contributed by atoms with van der Waals surface area (Å²) in [5, 5.41) is 1.90. The van der Waals surface area contributed by atoms with E-state index in [4.69, 9.17) is 0 Å². The van der Waals surface area contributed by atoms with Gasteiger partial charge in [0.1, 0.15) is 0 Å². The number of allylic oxidation sites excluding steroid dienone is 2. The minimum atomic E-state index is -4.99. The lowest BCUT2D eigenvalue weighted by atomic mass is 10.2. The fourth-order valence-electron chi connectivity index (χ4n) is 2.17. The van der Waals surface area contributed by atoms with Gasteiger partial charge in [0.2, 0.25) is 0 Å². The summed E-state index contributed by atoms with van der Waals surface area (Å²) in [6, 6.07) is 16.9. The van der Waals surface area contributed by atoms with E-state index in [9.17, 15) is 18.0 Å². The molecular formula is C18H17F3N2O. The summed E-state index contributed by atoms with van der Waals surface area (Å²) >= 11 is 0. The number of hydrogen-bond acceptors (Lipinski definition) is 2. The number of alkyl halides is 3. The molecule has 0 aliphatic rings. The summed E-state index contributed by atoms with van der Waals surface area (Å²) in [7, 11) is 0. The molecule has 1 amide bonds. The zero-order chi connectivity index (χ0) is 17.7. The molecule has 0 radical (unpaired) electrons. The zero-order valence-electron chi connectivity index (χ0n) is 13.3. The molecule has 3 nitrogen and oxygen atoms in total. The van der Waals surface area contributed by atoms with Crippen LogP contribution in [0.1, 0.15) is 13.8 Å². The predicted molar refractivity (Wildman–Crippen MR) is 87.4 cm³/mol. The first kappa shape index (κ1) is 17.6. The molecule has 2 rings (SSSR count). The van der Waals surface area contributed by atoms with E-state index in [0.717, 1.165) is 0 Å². The van der Waals surface area contributed by atoms with E-state index < -0.39 is 12.1 Å². The molecular weight excluding hydrogens is 317 g/mol. The van der Waals surface area contributed by atoms with Crippen LogP contribution in [0.4, 0.5) is 24.5 Å². The van der Waals surface area contributed by atoms with E-state index in [1.54, 1.807) is 67.6 Å². The minimum absolute atomic E-state index is 0.171. The van der Waals surface area contributed by atoms with Crippen LogP contribution in [-0.4, -0.2) is 17.1 Å². The number of rotatable bonds is 4. The van der Waals surface area contributed by atoms with E-state index >= 15 is 0 Å². The van der Waals surface area contributed by atoms with E-state index in [-0.39, 0.29) is 5.70 Å². The van der Waals surface area contributed by atoms with Crippen LogP contribution in [0.25, 0.3) is 0 Å². The molecule has 0 saturated carbocycles. The van der Waals surface area contributed by atoms with E-state index in [0.29, 0.717) is 16.4 Å². The van der Waals surface area contributed by atoms with E-state index in [1.165, 1.54) is 18.0 Å². The van der Waals surface area contributed by atoms with Crippen molar-refractivity contribution >= 4 is 17.3 Å². The number of amides is 1. The fourth-order valence-corrected chi connectivity index (χ4v) is 2.17. The highest BCUT2D eigenvalue weighted by Crippen LogP contribution is 2.32. The molecule has 0 heterocycles. The lowest BCUT2D eigenvalue weighted by Gasteiger charge is -2.37. The van der Waals surface area contributed by atoms with Gasteiger partial charge in [0.15, 0.2) is 0 Å². The number of nitrogens with zero attached hydrogens (tertiary/aromatic N) is 2. The SMILES string of the molecule is C/C=C(\C)N(C(=O)C(F)(F)F)N(c1ccccc1)c1ccccc1. The smallest absolute Gasteiger partial charge is 0.262 e. The number of halogens is 3. The van der Waals surface area contributed by atoms with Crippen LogP contribution in [0.2, 0.25) is 0 Å². The van der Waals surface area contributed by atoms with Crippen LogP contribution in [0, 0.1) is 0 Å². The van der Waals surface area contributed by atoms with Crippen molar-refractivity contribution in [3.05, 3.63) is 72.4 Å². The van der Waals surface area contributed by atoms with Crippen molar-refractivity contribution < 1.29 is 18.0 Å². The number of para-hydroxylation sites is 2. The van der Waals surface area contributed by atoms with Gasteiger partial charge in [0.05, 0.1) is 11.4 Å². The molecule has 2 aromatic rings. The summed E-state index contributed by atoms with van der Waals surface area (Å²) < 4.78 is 39.4. The molecule has 0 bridgehead atoms. The van der Waals surface area contributed by atoms with Gasteiger partial charge in [-0.05, 0) is 38.1 Å². The van der Waals surface area contributed by atoms with Crippen molar-refractivity contribution in [3.8, 4) is 0 Å². The fraction of sp³-hybridized carbons (Fsp3) is 0.167. The van der Waals surface area contributed by atoms with Gasteiger partial charge in [0, 0.05) is 5.70 Å². The van der Waals surface area contributed by atoms with Crippen molar-refractivity contribution in [2.24, 2.45) is 0 Å². The first-order valence-electron chi connectivity index (χ1n) is 7.30. The number of anilines is 2. The van der Waals surface area contributed by atoms with Gasteiger partial charge in [0.25, 0.3) is 0 Å². The van der Waals surface area contributed by atoms with Crippen molar-refractivity contribution in [1.82, 2.24) is 5.01 Å². The highest BCUT2D eigenvalue weighted by molar-refractivity contribution is 5.87. The third kappa shape index (κ3) is 3.76. The Morgan fingerprint density at radius 3 is 1.67 bits per heavy atom. The standard InChI is InChI=1S/C18H17F3N2O/c1-3-14(2)22(17(24)18(19,20)21)23(15-10-6-4-7-11-15)16-12-8-5-9-13-16/h3-13H,1-2H3/b14-3+. The summed E-state index contributed by atoms with van der Waals surface area (Å²) in [5.41, 5.74) is 1.06. The Hall–Kier alpha value is -2.76. The molecule has 126 valence electrons. The Morgan fingerprint density at radius 1 is 0.917 bits per heavy atom. The molecule has 6 heteroatoms. The molecule has 2 aromatic carbocycles. The lowest BCUT2D eigenvalue weighted by Crippen LogP contribution is -2.48. The largest absolute Gasteiger partial charge is 0.473 e. The number of hydrogen-bond donors (Lipinski definition) is 0. The quantitative estimate of drug-likeness (QED) is 0.730. The number of carbonyl (C=O) groups excluding carboxylic acids is 1. The molecule has 0 fully saturated rings. The Bertz CT molecular complexity index is 673. The van der Waals surface area contributed by atoms with Gasteiger partial charge in [-0.3, -0.25) is 4.79 Å². The first-order valence-corrected chi connectivity index (χ1v) is 7.30. The van der Waals surface area contributed by atoms with E-state index in [2.05, 4.69) is 0 Å². The second-order valence-electron chi connectivity index (χ2n) is 5.03. The van der Waals surface area contributed by atoms with Gasteiger partial charge in [-0.1, -0.05) is 42.5 Å². The number of carbonyl (C=O) groups is 1. The molecule has 0 saturated heterocycles. The van der Waals surface area contributed by atoms with Crippen LogP contribution in [0.15, 0.2) is 72.4 Å². The van der Waals surface area contributed by atoms with Crippen LogP contribution < -0.4 is 5.01 Å². The summed E-state index contributed by atoms with van der Waals surface area (Å²) in [5.74, 6) is -1.95. The van der Waals surface area contributed by atoms with Crippen LogP contribution in [0.5, 0.6) is 0 Å². The molecule has 0 aromatic heterocycles. The summed E-state index contributed by atoms with van der Waals surface area (Å²) in [6.07, 6.45) is -3.53. The van der Waals surface area contributed by atoms with Gasteiger partial charge in [-0.2, -0.15) is 13.2 Å². The van der Waals surface area contributed by atoms with E-state index in [1.807, 2.05) is 0 Å². The summed E-state index contributed by atoms with van der Waals surface area (Å²) in [4.78, 5) is 12.1. The molecule has 0 aliphatic heterocycles. The molecule has 0 spiro atoms. The average Bonchev–Trinajstić information content (AvgIpc) is 2.59. The first-order chi connectivity index (χ1) is 11.4. The second-order valence-corrected chi connectivity index (χ2v) is 5.03. The molecule has 0 N–H and O–H groups in total. The zero-order valence-corrected chi connectivity index (χ0v) is 13.3. The van der Waals surface area contributed by atoms with Gasteiger partial charge in [-0.15, -0.1) is 0 Å². The third-order valence-electron chi connectivity index (χ3n) is 3.39. The maximum absolute atomic E-state index is 13.1. The van der Waals surface area contributed by atoms with Crippen LogP contribution >= 0.6 is 0 Å². The van der Waals surface area contributed by atoms with Gasteiger partial charge >= 0.3 is 12.1 Å². The Morgan fingerprint density at radius 2 is 1.33 bits per heavy atom. The van der Waals surface area contributed by atoms with Crippen LogP contribution in [0.3, 0.4) is 0 Å². The third-order valence-corrected chi connectivity index (χ3v) is 3.39. The maximum Gasteiger partial charge on any atom is 0.473 e. The number of benzene rings is 2. The summed E-state index contributed by atoms with van der Waals surface area (Å²) in [6.45, 7) is 3.04. The van der Waals surface area contributed by atoms with Crippen LogP contribution in [-0.2, 0) is 4.79 Å². The van der Waals surface area contributed by atoms with Crippen molar-refractivity contribution in [2.45, 2.75) is 20.0 Å². The highest BCUT2D eigenvalue weighted by atomic mass is 19.4. The molecule has 0 atom stereocenters. The normalized spacial score (nSPS) is 12.0. The van der Waals surface area contributed by atoms with Crippen molar-refractivity contribution in [2.75, 3.05) is 5.01 Å². The minimum Gasteiger partial charge on any atom is -0.262 e. The maximum atomic E-state index is 13.1. The van der Waals surface area contributed by atoms with Gasteiger partial charge in [-0.25, -0.2) is 10.0 Å². The lowest BCUT2D eigenvalue weighted by molar-refractivity contribution is -0.183. The van der Waals surface area contributed by atoms with Crippen molar-refractivity contribution in [3.63, 3.8) is 0 Å². The highest BCUT2D eigenvalue weighted by Gasteiger charge is 2.45. The van der Waals surface area contributed by atoms with Gasteiger partial charge < -0.3 is 0 Å². The molecule has 24 heavy (non-hydrogen) atoms. The monoisotopic (exact) mass is 334 g/mol. The Labute approximate surface area is 138 Å². The number of hydrazine groups is 1.